The highest BCUT2D eigenvalue weighted by Crippen LogP contribution is 2.31. The Bertz CT molecular complexity index is 347. The number of alkyl halides is 3. The summed E-state index contributed by atoms with van der Waals surface area (Å²) < 4.78 is 37.2. The molecule has 2 N–H and O–H groups in total. The number of rotatable bonds is 4. The zero-order chi connectivity index (χ0) is 13.1. The lowest BCUT2D eigenvalue weighted by Gasteiger charge is -2.22. The van der Waals surface area contributed by atoms with Crippen molar-refractivity contribution in [1.82, 2.24) is 0 Å². The number of nitrogens with zero attached hydrogens (tertiary/aromatic N) is 1. The number of hydrogen-bond acceptors (Lipinski definition) is 2. The lowest BCUT2D eigenvalue weighted by Crippen LogP contribution is -2.28. The molecule has 0 saturated carbocycles. The molecule has 0 bridgehead atoms. The molecule has 0 saturated heterocycles. The SMILES string of the molecule is CCN(CC)c1ccc([C@H](N)C(F)(F)F)cc1.Cl. The number of benzene rings is 1. The maximum absolute atomic E-state index is 12.4. The number of halogens is 4. The van der Waals surface area contributed by atoms with E-state index in [1.165, 1.54) is 12.1 Å². The summed E-state index contributed by atoms with van der Waals surface area (Å²) in [6, 6.07) is 4.31. The van der Waals surface area contributed by atoms with Gasteiger partial charge in [-0.25, -0.2) is 0 Å². The van der Waals surface area contributed by atoms with Gasteiger partial charge in [0, 0.05) is 18.8 Å². The molecule has 0 aliphatic rings. The van der Waals surface area contributed by atoms with Gasteiger partial charge in [0.2, 0.25) is 0 Å². The minimum Gasteiger partial charge on any atom is -0.372 e. The van der Waals surface area contributed by atoms with Gasteiger partial charge in [-0.3, -0.25) is 0 Å². The Morgan fingerprint density at radius 3 is 1.89 bits per heavy atom. The van der Waals surface area contributed by atoms with Gasteiger partial charge in [-0.05, 0) is 31.5 Å². The van der Waals surface area contributed by atoms with E-state index < -0.39 is 12.2 Å². The van der Waals surface area contributed by atoms with Crippen molar-refractivity contribution in [2.45, 2.75) is 26.1 Å². The predicted octanol–water partition coefficient (Wildman–Crippen LogP) is 3.52. The Labute approximate surface area is 111 Å². The topological polar surface area (TPSA) is 29.3 Å². The number of nitrogens with two attached hydrogens (primary N) is 1. The molecule has 0 heterocycles. The average molecular weight is 283 g/mol. The second-order valence-electron chi connectivity index (χ2n) is 3.78. The third-order valence-electron chi connectivity index (χ3n) is 2.73. The van der Waals surface area contributed by atoms with Crippen LogP contribution in [0.5, 0.6) is 0 Å². The molecule has 0 amide bonds. The Morgan fingerprint density at radius 2 is 1.56 bits per heavy atom. The van der Waals surface area contributed by atoms with Crippen LogP contribution in [0.2, 0.25) is 0 Å². The normalized spacial score (nSPS) is 12.8. The highest BCUT2D eigenvalue weighted by Gasteiger charge is 2.37. The molecule has 0 aromatic heterocycles. The van der Waals surface area contributed by atoms with Crippen LogP contribution >= 0.6 is 12.4 Å². The zero-order valence-corrected chi connectivity index (χ0v) is 11.2. The first-order valence-electron chi connectivity index (χ1n) is 5.57. The van der Waals surface area contributed by atoms with Crippen molar-refractivity contribution in [3.63, 3.8) is 0 Å². The third-order valence-corrected chi connectivity index (χ3v) is 2.73. The van der Waals surface area contributed by atoms with E-state index in [4.69, 9.17) is 5.73 Å². The highest BCUT2D eigenvalue weighted by atomic mass is 35.5. The summed E-state index contributed by atoms with van der Waals surface area (Å²) in [5.74, 6) is 0. The van der Waals surface area contributed by atoms with Crippen LogP contribution in [0.3, 0.4) is 0 Å². The van der Waals surface area contributed by atoms with E-state index in [1.807, 2.05) is 13.8 Å². The summed E-state index contributed by atoms with van der Waals surface area (Å²) in [5, 5.41) is 0. The van der Waals surface area contributed by atoms with Crippen LogP contribution in [-0.2, 0) is 0 Å². The van der Waals surface area contributed by atoms with Gasteiger partial charge in [-0.2, -0.15) is 13.2 Å². The van der Waals surface area contributed by atoms with Crippen LogP contribution in [0, 0.1) is 0 Å². The van der Waals surface area contributed by atoms with Gasteiger partial charge < -0.3 is 10.6 Å². The summed E-state index contributed by atoms with van der Waals surface area (Å²) in [6.07, 6.45) is -4.39. The van der Waals surface area contributed by atoms with Crippen molar-refractivity contribution in [2.24, 2.45) is 5.73 Å². The monoisotopic (exact) mass is 282 g/mol. The van der Waals surface area contributed by atoms with E-state index in [1.54, 1.807) is 12.1 Å². The van der Waals surface area contributed by atoms with Gasteiger partial charge >= 0.3 is 6.18 Å². The molecule has 0 unspecified atom stereocenters. The Morgan fingerprint density at radius 1 is 1.11 bits per heavy atom. The molecule has 18 heavy (non-hydrogen) atoms. The molecule has 0 aliphatic heterocycles. The maximum Gasteiger partial charge on any atom is 0.407 e. The van der Waals surface area contributed by atoms with Crippen molar-refractivity contribution in [1.29, 1.82) is 0 Å². The average Bonchev–Trinajstić information content (AvgIpc) is 2.29. The molecule has 0 fully saturated rings. The fraction of sp³-hybridized carbons (Fsp3) is 0.500. The van der Waals surface area contributed by atoms with Gasteiger partial charge in [0.1, 0.15) is 6.04 Å². The van der Waals surface area contributed by atoms with Crippen LogP contribution in [0.4, 0.5) is 18.9 Å². The molecule has 1 aromatic rings. The highest BCUT2D eigenvalue weighted by molar-refractivity contribution is 5.85. The van der Waals surface area contributed by atoms with Crippen LogP contribution in [0.1, 0.15) is 25.5 Å². The predicted molar refractivity (Wildman–Crippen MR) is 70.2 cm³/mol. The fourth-order valence-electron chi connectivity index (χ4n) is 1.67. The summed E-state index contributed by atoms with van der Waals surface area (Å²) in [6.45, 7) is 5.64. The van der Waals surface area contributed by atoms with Crippen LogP contribution in [0.15, 0.2) is 24.3 Å². The van der Waals surface area contributed by atoms with Gasteiger partial charge in [-0.15, -0.1) is 12.4 Å². The van der Waals surface area contributed by atoms with Crippen molar-refractivity contribution in [3.8, 4) is 0 Å². The summed E-state index contributed by atoms with van der Waals surface area (Å²) >= 11 is 0. The Hall–Kier alpha value is -0.940. The first-order valence-corrected chi connectivity index (χ1v) is 5.57. The number of hydrogen-bond donors (Lipinski definition) is 1. The van der Waals surface area contributed by atoms with E-state index in [0.717, 1.165) is 18.8 Å². The number of anilines is 1. The molecule has 2 nitrogen and oxygen atoms in total. The molecule has 1 atom stereocenters. The van der Waals surface area contributed by atoms with E-state index in [2.05, 4.69) is 4.90 Å². The quantitative estimate of drug-likeness (QED) is 0.915. The Kier molecular flexibility index (Phi) is 6.49. The van der Waals surface area contributed by atoms with Crippen molar-refractivity contribution < 1.29 is 13.2 Å². The van der Waals surface area contributed by atoms with Crippen LogP contribution in [0.25, 0.3) is 0 Å². The summed E-state index contributed by atoms with van der Waals surface area (Å²) in [7, 11) is 0. The van der Waals surface area contributed by atoms with Crippen LogP contribution in [-0.4, -0.2) is 19.3 Å². The largest absolute Gasteiger partial charge is 0.407 e. The standard InChI is InChI=1S/C12H17F3N2.ClH/c1-3-17(4-2)10-7-5-9(6-8-10)11(16)12(13,14)15;/h5-8,11H,3-4,16H2,1-2H3;1H/t11-;/m0./s1. The Balaban J connectivity index is 0.00000289. The van der Waals surface area contributed by atoms with E-state index in [0.29, 0.717) is 0 Å². The lowest BCUT2D eigenvalue weighted by atomic mass is 10.1. The molecule has 6 heteroatoms. The molecular formula is C12H18ClF3N2. The minimum atomic E-state index is -4.39. The summed E-state index contributed by atoms with van der Waals surface area (Å²) in [4.78, 5) is 2.06. The van der Waals surface area contributed by atoms with Gasteiger partial charge in [0.05, 0.1) is 0 Å². The maximum atomic E-state index is 12.4. The molecular weight excluding hydrogens is 265 g/mol. The molecule has 0 radical (unpaired) electrons. The van der Waals surface area contributed by atoms with E-state index in [-0.39, 0.29) is 18.0 Å². The minimum absolute atomic E-state index is 0. The zero-order valence-electron chi connectivity index (χ0n) is 10.4. The van der Waals surface area contributed by atoms with Gasteiger partial charge in [-0.1, -0.05) is 12.1 Å². The molecule has 104 valence electrons. The van der Waals surface area contributed by atoms with Gasteiger partial charge in [0.25, 0.3) is 0 Å². The van der Waals surface area contributed by atoms with Crippen molar-refractivity contribution in [3.05, 3.63) is 29.8 Å². The molecule has 0 spiro atoms. The van der Waals surface area contributed by atoms with Crippen molar-refractivity contribution in [2.75, 3.05) is 18.0 Å². The second-order valence-corrected chi connectivity index (χ2v) is 3.78. The molecule has 1 aromatic carbocycles. The van der Waals surface area contributed by atoms with Gasteiger partial charge in [0.15, 0.2) is 0 Å². The third kappa shape index (κ3) is 4.07. The van der Waals surface area contributed by atoms with E-state index >= 15 is 0 Å². The van der Waals surface area contributed by atoms with E-state index in [9.17, 15) is 13.2 Å². The first-order chi connectivity index (χ1) is 7.90. The lowest BCUT2D eigenvalue weighted by molar-refractivity contribution is -0.149. The molecule has 1 rings (SSSR count). The van der Waals surface area contributed by atoms with Crippen molar-refractivity contribution >= 4 is 18.1 Å². The van der Waals surface area contributed by atoms with Crippen LogP contribution < -0.4 is 10.6 Å². The molecule has 0 aliphatic carbocycles. The first kappa shape index (κ1) is 17.1. The fourth-order valence-corrected chi connectivity index (χ4v) is 1.67. The smallest absolute Gasteiger partial charge is 0.372 e. The summed E-state index contributed by atoms with van der Waals surface area (Å²) in [5.41, 5.74) is 6.13. The second kappa shape index (κ2) is 6.85.